The molecule has 2 N–H and O–H groups in total. The van der Waals surface area contributed by atoms with Gasteiger partial charge in [-0.2, -0.15) is 0 Å². The van der Waals surface area contributed by atoms with Crippen LogP contribution in [0.3, 0.4) is 0 Å². The average molecular weight is 491 g/mol. The maximum Gasteiger partial charge on any atom is 0.417 e. The molecule has 0 saturated carbocycles. The zero-order valence-electron chi connectivity index (χ0n) is 20.3. The van der Waals surface area contributed by atoms with Crippen LogP contribution in [-0.2, 0) is 20.6 Å². The molecule has 4 heterocycles. The summed E-state index contributed by atoms with van der Waals surface area (Å²) < 4.78 is 22.3. The minimum Gasteiger partial charge on any atom is -0.481 e. The number of nitrogens with zero attached hydrogens (tertiary/aromatic N) is 3. The summed E-state index contributed by atoms with van der Waals surface area (Å²) in [5.41, 5.74) is 10.2. The second kappa shape index (κ2) is 10.8. The lowest BCUT2D eigenvalue weighted by Crippen LogP contribution is -2.28. The van der Waals surface area contributed by atoms with E-state index >= 15 is 0 Å². The Morgan fingerprint density at radius 1 is 1.25 bits per heavy atom. The van der Waals surface area contributed by atoms with E-state index in [4.69, 9.17) is 24.7 Å². The van der Waals surface area contributed by atoms with E-state index in [1.54, 1.807) is 25.6 Å². The Kier molecular flexibility index (Phi) is 7.18. The van der Waals surface area contributed by atoms with Gasteiger partial charge >= 0.3 is 6.09 Å². The summed E-state index contributed by atoms with van der Waals surface area (Å²) in [6.45, 7) is 0.395. The van der Waals surface area contributed by atoms with E-state index in [0.717, 1.165) is 54.3 Å². The van der Waals surface area contributed by atoms with Gasteiger partial charge in [-0.15, -0.1) is 0 Å². The maximum atomic E-state index is 12.5. The molecule has 36 heavy (non-hydrogen) atoms. The molecule has 2 aliphatic heterocycles. The Balaban J connectivity index is 1.12. The Hall–Kier alpha value is -3.85. The molecule has 2 aromatic heterocycles. The number of pyridine rings is 2. The molecular weight excluding hydrogens is 460 g/mol. The molecule has 3 aliphatic rings. The van der Waals surface area contributed by atoms with Gasteiger partial charge in [0.25, 0.3) is 0 Å². The van der Waals surface area contributed by atoms with Crippen molar-refractivity contribution in [2.75, 3.05) is 13.7 Å². The second-order valence-electron chi connectivity index (χ2n) is 9.02. The third kappa shape index (κ3) is 5.36. The van der Waals surface area contributed by atoms with Crippen molar-refractivity contribution in [3.8, 4) is 5.88 Å². The van der Waals surface area contributed by atoms with Crippen molar-refractivity contribution in [1.29, 1.82) is 0 Å². The van der Waals surface area contributed by atoms with E-state index in [1.807, 2.05) is 24.3 Å². The van der Waals surface area contributed by atoms with Crippen LogP contribution < -0.4 is 10.5 Å². The number of allylic oxidation sites excluding steroid dienone is 4. The van der Waals surface area contributed by atoms with Crippen LogP contribution in [0.15, 0.2) is 72.4 Å². The smallest absolute Gasteiger partial charge is 0.417 e. The molecule has 0 radical (unpaired) electrons. The van der Waals surface area contributed by atoms with Crippen molar-refractivity contribution in [3.63, 3.8) is 0 Å². The topological polar surface area (TPSA) is 109 Å². The largest absolute Gasteiger partial charge is 0.481 e. The summed E-state index contributed by atoms with van der Waals surface area (Å²) in [5, 5.41) is 0. The standard InChI is InChI=1S/C27H30N4O5/c1-33-24-12-11-22-26(30-24)19(13-14-29-22)7-8-20(28)9-10-21-15-31(27(32)35-21)25-17-34-16-23(36-25)18-5-3-2-4-6-18/h2-3,5,11-14,16-17,20-21H,4,6-10,15,28H2,1H3/t20-,21-/m1/s1. The van der Waals surface area contributed by atoms with Gasteiger partial charge < -0.3 is 24.7 Å². The zero-order valence-corrected chi connectivity index (χ0v) is 20.3. The van der Waals surface area contributed by atoms with Crippen molar-refractivity contribution in [1.82, 2.24) is 14.9 Å². The molecule has 9 heteroatoms. The maximum absolute atomic E-state index is 12.5. The highest BCUT2D eigenvalue weighted by Gasteiger charge is 2.36. The number of cyclic esters (lactones) is 1. The highest BCUT2D eigenvalue weighted by Crippen LogP contribution is 2.30. The van der Waals surface area contributed by atoms with Gasteiger partial charge in [0, 0.05) is 18.3 Å². The Morgan fingerprint density at radius 3 is 3.00 bits per heavy atom. The minimum atomic E-state index is -0.439. The summed E-state index contributed by atoms with van der Waals surface area (Å²) in [4.78, 5) is 22.9. The quantitative estimate of drug-likeness (QED) is 0.549. The summed E-state index contributed by atoms with van der Waals surface area (Å²) >= 11 is 0. The van der Waals surface area contributed by atoms with Crippen LogP contribution in [0.5, 0.6) is 5.88 Å². The first-order chi connectivity index (χ1) is 17.6. The van der Waals surface area contributed by atoms with E-state index < -0.39 is 6.09 Å². The summed E-state index contributed by atoms with van der Waals surface area (Å²) in [6.07, 6.45) is 14.9. The molecule has 2 atom stereocenters. The third-order valence-corrected chi connectivity index (χ3v) is 6.52. The molecule has 9 nitrogen and oxygen atoms in total. The Labute approximate surface area is 209 Å². The third-order valence-electron chi connectivity index (χ3n) is 6.52. The number of nitrogens with two attached hydrogens (primary N) is 1. The molecule has 188 valence electrons. The molecule has 0 aromatic carbocycles. The van der Waals surface area contributed by atoms with E-state index in [-0.39, 0.29) is 12.1 Å². The van der Waals surface area contributed by atoms with Crippen molar-refractivity contribution in [2.45, 2.75) is 50.7 Å². The van der Waals surface area contributed by atoms with Gasteiger partial charge in [-0.3, -0.25) is 4.98 Å². The number of hydrogen-bond donors (Lipinski definition) is 1. The number of carbonyl (C=O) groups is 1. The number of aryl methyl sites for hydroxylation is 1. The van der Waals surface area contributed by atoms with Gasteiger partial charge in [-0.1, -0.05) is 18.2 Å². The van der Waals surface area contributed by atoms with E-state index in [1.165, 1.54) is 11.2 Å². The SMILES string of the molecule is COc1ccc2nccc(CC[C@@H](N)CC[C@@H]3CN(C4=COC=C(C5=CC=CCC5)O4)C(=O)O3)c2n1. The van der Waals surface area contributed by atoms with Gasteiger partial charge in [-0.05, 0) is 61.8 Å². The molecule has 5 rings (SSSR count). The molecule has 1 saturated heterocycles. The van der Waals surface area contributed by atoms with Crippen molar-refractivity contribution < 1.29 is 23.7 Å². The summed E-state index contributed by atoms with van der Waals surface area (Å²) in [7, 11) is 1.60. The predicted molar refractivity (Wildman–Crippen MR) is 133 cm³/mol. The Bertz CT molecular complexity index is 1250. The van der Waals surface area contributed by atoms with Crippen LogP contribution in [0.2, 0.25) is 0 Å². The molecule has 0 bridgehead atoms. The number of rotatable bonds is 9. The fraction of sp³-hybridized carbons (Fsp3) is 0.370. The van der Waals surface area contributed by atoms with Crippen molar-refractivity contribution >= 4 is 17.1 Å². The lowest BCUT2D eigenvalue weighted by Gasteiger charge is -2.23. The number of amides is 1. The molecule has 1 aliphatic carbocycles. The molecule has 1 fully saturated rings. The lowest BCUT2D eigenvalue weighted by atomic mass is 10.0. The first-order valence-electron chi connectivity index (χ1n) is 12.2. The lowest BCUT2D eigenvalue weighted by molar-refractivity contribution is 0.116. The van der Waals surface area contributed by atoms with Crippen LogP contribution >= 0.6 is 0 Å². The summed E-state index contributed by atoms with van der Waals surface area (Å²) in [5.74, 6) is 1.52. The Morgan fingerprint density at radius 2 is 2.17 bits per heavy atom. The second-order valence-corrected chi connectivity index (χ2v) is 9.02. The van der Waals surface area contributed by atoms with Crippen molar-refractivity contribution in [2.24, 2.45) is 5.73 Å². The van der Waals surface area contributed by atoms with Crippen LogP contribution in [0.25, 0.3) is 11.0 Å². The first-order valence-corrected chi connectivity index (χ1v) is 12.2. The van der Waals surface area contributed by atoms with Crippen molar-refractivity contribution in [3.05, 3.63) is 77.9 Å². The number of hydrogen-bond acceptors (Lipinski definition) is 8. The normalized spacial score (nSPS) is 20.2. The molecule has 2 aromatic rings. The van der Waals surface area contributed by atoms with Gasteiger partial charge in [0.05, 0.1) is 24.7 Å². The van der Waals surface area contributed by atoms with Gasteiger partial charge in [0.2, 0.25) is 11.8 Å². The number of aromatic nitrogens is 2. The highest BCUT2D eigenvalue weighted by atomic mass is 16.6. The fourth-order valence-corrected chi connectivity index (χ4v) is 4.50. The highest BCUT2D eigenvalue weighted by molar-refractivity contribution is 5.78. The van der Waals surface area contributed by atoms with Gasteiger partial charge in [0.15, 0.2) is 12.0 Å². The van der Waals surface area contributed by atoms with Crippen LogP contribution in [0.1, 0.15) is 37.7 Å². The monoisotopic (exact) mass is 490 g/mol. The number of ether oxygens (including phenoxy) is 4. The number of methoxy groups -OCH3 is 1. The number of fused-ring (bicyclic) bond motifs is 1. The van der Waals surface area contributed by atoms with Crippen LogP contribution in [0.4, 0.5) is 4.79 Å². The zero-order chi connectivity index (χ0) is 24.9. The van der Waals surface area contributed by atoms with Gasteiger partial charge in [-0.25, -0.2) is 14.7 Å². The predicted octanol–water partition coefficient (Wildman–Crippen LogP) is 4.46. The average Bonchev–Trinajstić information content (AvgIpc) is 3.31. The fourth-order valence-electron chi connectivity index (χ4n) is 4.50. The molecular formula is C27H30N4O5. The molecule has 0 spiro atoms. The van der Waals surface area contributed by atoms with Crippen LogP contribution in [-0.4, -0.2) is 46.8 Å². The van der Waals surface area contributed by atoms with Crippen LogP contribution in [0, 0.1) is 0 Å². The van der Waals surface area contributed by atoms with Gasteiger partial charge in [0.1, 0.15) is 12.4 Å². The first kappa shape index (κ1) is 23.9. The van der Waals surface area contributed by atoms with E-state index in [2.05, 4.69) is 16.0 Å². The molecule has 1 amide bonds. The minimum absolute atomic E-state index is 0.0408. The summed E-state index contributed by atoms with van der Waals surface area (Å²) in [6, 6.07) is 5.64. The number of carbonyl (C=O) groups excluding carboxylic acids is 1. The van der Waals surface area contributed by atoms with E-state index in [9.17, 15) is 4.79 Å². The van der Waals surface area contributed by atoms with E-state index in [0.29, 0.717) is 30.5 Å². The molecule has 0 unspecified atom stereocenters.